The molecule has 0 saturated heterocycles. The molecule has 7 nitrogen and oxygen atoms in total. The average Bonchev–Trinajstić information content (AvgIpc) is 2.45. The van der Waals surface area contributed by atoms with Crippen LogP contribution in [0.25, 0.3) is 0 Å². The Kier molecular flexibility index (Phi) is 11.0. The summed E-state index contributed by atoms with van der Waals surface area (Å²) in [5.41, 5.74) is -0.381. The van der Waals surface area contributed by atoms with E-state index < -0.39 is 14.9 Å². The van der Waals surface area contributed by atoms with E-state index in [0.29, 0.717) is 26.2 Å². The van der Waals surface area contributed by atoms with E-state index in [0.717, 1.165) is 0 Å². The predicted molar refractivity (Wildman–Crippen MR) is 80.5 cm³/mol. The highest BCUT2D eigenvalue weighted by Crippen LogP contribution is 2.18. The van der Waals surface area contributed by atoms with Gasteiger partial charge in [-0.15, -0.1) is 0 Å². The molecule has 0 heterocycles. The van der Waals surface area contributed by atoms with Crippen molar-refractivity contribution >= 4 is 14.9 Å². The first-order valence-corrected chi connectivity index (χ1v) is 8.97. The molecule has 0 radical (unpaired) electrons. The number of hydrogen-bond acceptors (Lipinski definition) is 6. The van der Waals surface area contributed by atoms with Crippen LogP contribution in [0.2, 0.25) is 0 Å². The molecule has 1 N–H and O–H groups in total. The van der Waals surface area contributed by atoms with E-state index in [9.17, 15) is 4.79 Å². The van der Waals surface area contributed by atoms with E-state index in [1.54, 1.807) is 0 Å². The van der Waals surface area contributed by atoms with Crippen molar-refractivity contribution < 1.29 is 27.5 Å². The second-order valence-electron chi connectivity index (χ2n) is 3.89. The van der Waals surface area contributed by atoms with Gasteiger partial charge in [0.25, 0.3) is 0 Å². The summed E-state index contributed by atoms with van der Waals surface area (Å²) in [5, 5.41) is 2.73. The zero-order valence-corrected chi connectivity index (χ0v) is 14.3. The zero-order chi connectivity index (χ0) is 16.1. The number of hydrogen-bond donors (Lipinski definition) is 1. The highest BCUT2D eigenvalue weighted by Gasteiger charge is 2.49. The Labute approximate surface area is 127 Å². The molecular formula is C13H27NO6Si. The van der Waals surface area contributed by atoms with Crippen molar-refractivity contribution in [2.24, 2.45) is 0 Å². The number of carbonyl (C=O) groups excluding carboxylic acids is 1. The molecule has 1 atom stereocenters. The van der Waals surface area contributed by atoms with Gasteiger partial charge in [-0.1, -0.05) is 13.5 Å². The lowest BCUT2D eigenvalue weighted by Gasteiger charge is -2.34. The van der Waals surface area contributed by atoms with E-state index in [1.807, 2.05) is 27.7 Å². The van der Waals surface area contributed by atoms with Gasteiger partial charge in [-0.05, 0) is 27.2 Å². The number of rotatable bonds is 12. The summed E-state index contributed by atoms with van der Waals surface area (Å²) in [5.74, 6) is 0. The van der Waals surface area contributed by atoms with Gasteiger partial charge in [-0.2, -0.15) is 0 Å². The Morgan fingerprint density at radius 2 is 1.67 bits per heavy atom. The third kappa shape index (κ3) is 6.94. The zero-order valence-electron chi connectivity index (χ0n) is 13.3. The Morgan fingerprint density at radius 3 is 2.05 bits per heavy atom. The predicted octanol–water partition coefficient (Wildman–Crippen LogP) is 2.20. The maximum absolute atomic E-state index is 11.8. The van der Waals surface area contributed by atoms with Gasteiger partial charge in [0.05, 0.1) is 6.26 Å². The summed E-state index contributed by atoms with van der Waals surface area (Å²) in [4.78, 5) is 11.8. The molecule has 0 saturated carbocycles. The molecule has 0 aliphatic carbocycles. The van der Waals surface area contributed by atoms with Gasteiger partial charge in [0.1, 0.15) is 5.67 Å². The van der Waals surface area contributed by atoms with Crippen molar-refractivity contribution in [1.29, 1.82) is 0 Å². The molecule has 0 aliphatic heterocycles. The Morgan fingerprint density at radius 1 is 1.14 bits per heavy atom. The maximum Gasteiger partial charge on any atom is 0.524 e. The number of amides is 1. The van der Waals surface area contributed by atoms with Crippen LogP contribution in [0.15, 0.2) is 12.8 Å². The van der Waals surface area contributed by atoms with Crippen molar-refractivity contribution in [3.05, 3.63) is 12.8 Å². The van der Waals surface area contributed by atoms with Crippen LogP contribution in [-0.2, 0) is 22.8 Å². The summed E-state index contributed by atoms with van der Waals surface area (Å²) in [6.07, 6.45) is 1.19. The Bertz CT molecular complexity index is 285. The highest BCUT2D eigenvalue weighted by atomic mass is 28.4. The fourth-order valence-corrected chi connectivity index (χ4v) is 4.65. The SMILES string of the molecule is C=COCOC(=O)NC(CC)[Si](OCC)(OCC)OCC. The first kappa shape index (κ1) is 19.9. The van der Waals surface area contributed by atoms with Crippen molar-refractivity contribution in [1.82, 2.24) is 5.32 Å². The van der Waals surface area contributed by atoms with Crippen LogP contribution in [-0.4, -0.2) is 47.2 Å². The number of carbonyl (C=O) groups is 1. The van der Waals surface area contributed by atoms with Crippen molar-refractivity contribution in [3.8, 4) is 0 Å². The van der Waals surface area contributed by atoms with Crippen LogP contribution in [0, 0.1) is 0 Å². The Hall–Kier alpha value is -1.09. The summed E-state index contributed by atoms with van der Waals surface area (Å²) < 4.78 is 26.9. The quantitative estimate of drug-likeness (QED) is 0.257. The van der Waals surface area contributed by atoms with E-state index in [4.69, 9.17) is 22.8 Å². The highest BCUT2D eigenvalue weighted by molar-refractivity contribution is 6.62. The minimum atomic E-state index is -3.01. The molecule has 1 unspecified atom stereocenters. The molecule has 0 aromatic heterocycles. The van der Waals surface area contributed by atoms with Crippen LogP contribution in [0.5, 0.6) is 0 Å². The van der Waals surface area contributed by atoms with E-state index in [1.165, 1.54) is 6.26 Å². The van der Waals surface area contributed by atoms with Gasteiger partial charge >= 0.3 is 14.9 Å². The van der Waals surface area contributed by atoms with Crippen LogP contribution in [0.4, 0.5) is 4.79 Å². The fraction of sp³-hybridized carbons (Fsp3) is 0.769. The summed E-state index contributed by atoms with van der Waals surface area (Å²) in [7, 11) is -3.01. The number of alkyl carbamates (subject to hydrolysis) is 1. The minimum Gasteiger partial charge on any atom is -0.466 e. The topological polar surface area (TPSA) is 75.3 Å². The molecule has 21 heavy (non-hydrogen) atoms. The fourth-order valence-electron chi connectivity index (χ4n) is 1.79. The lowest BCUT2D eigenvalue weighted by atomic mass is 10.5. The lowest BCUT2D eigenvalue weighted by molar-refractivity contribution is 0.0260. The molecular weight excluding hydrogens is 294 g/mol. The van der Waals surface area contributed by atoms with Gasteiger partial charge in [0, 0.05) is 19.8 Å². The molecule has 0 fully saturated rings. The number of nitrogens with one attached hydrogen (secondary N) is 1. The van der Waals surface area contributed by atoms with Crippen LogP contribution in [0.3, 0.4) is 0 Å². The molecule has 0 spiro atoms. The van der Waals surface area contributed by atoms with Crippen molar-refractivity contribution in [2.45, 2.75) is 39.8 Å². The third-order valence-electron chi connectivity index (χ3n) is 2.54. The largest absolute Gasteiger partial charge is 0.524 e. The van der Waals surface area contributed by atoms with Crippen LogP contribution < -0.4 is 5.32 Å². The average molecular weight is 321 g/mol. The molecule has 124 valence electrons. The summed E-state index contributed by atoms with van der Waals surface area (Å²) in [6.45, 7) is 12.0. The summed E-state index contributed by atoms with van der Waals surface area (Å²) >= 11 is 0. The number of ether oxygens (including phenoxy) is 2. The second-order valence-corrected chi connectivity index (χ2v) is 6.66. The molecule has 0 aromatic carbocycles. The van der Waals surface area contributed by atoms with E-state index >= 15 is 0 Å². The minimum absolute atomic E-state index is 0.196. The first-order valence-electron chi connectivity index (χ1n) is 7.17. The van der Waals surface area contributed by atoms with Crippen LogP contribution in [0.1, 0.15) is 34.1 Å². The maximum atomic E-state index is 11.8. The second kappa shape index (κ2) is 11.6. The molecule has 0 aromatic rings. The van der Waals surface area contributed by atoms with E-state index in [2.05, 4.69) is 11.9 Å². The smallest absolute Gasteiger partial charge is 0.466 e. The van der Waals surface area contributed by atoms with Crippen molar-refractivity contribution in [3.63, 3.8) is 0 Å². The normalized spacial score (nSPS) is 12.6. The standard InChI is InChI=1S/C13H27NO6Si/c1-6-12(14-13(15)17-11-16-7-2)21(18-8-3,19-9-4)20-10-5/h7,12H,2,6,8-11H2,1,3-5H3,(H,14,15). The van der Waals surface area contributed by atoms with Gasteiger partial charge < -0.3 is 28.1 Å². The van der Waals surface area contributed by atoms with Gasteiger partial charge in [0.15, 0.2) is 0 Å². The van der Waals surface area contributed by atoms with Gasteiger partial charge in [-0.3, -0.25) is 0 Å². The molecule has 0 aliphatic rings. The third-order valence-corrected chi connectivity index (χ3v) is 6.02. The molecule has 1 amide bonds. The first-order chi connectivity index (χ1) is 10.1. The lowest BCUT2D eigenvalue weighted by Crippen LogP contribution is -2.62. The Balaban J connectivity index is 4.85. The molecule has 8 heteroatoms. The summed E-state index contributed by atoms with van der Waals surface area (Å²) in [6, 6.07) is 0. The molecule has 0 rings (SSSR count). The van der Waals surface area contributed by atoms with Crippen LogP contribution >= 0.6 is 0 Å². The molecule has 0 bridgehead atoms. The van der Waals surface area contributed by atoms with E-state index in [-0.39, 0.29) is 12.5 Å². The van der Waals surface area contributed by atoms with Gasteiger partial charge in [-0.25, -0.2) is 4.79 Å². The monoisotopic (exact) mass is 321 g/mol. The van der Waals surface area contributed by atoms with Crippen molar-refractivity contribution in [2.75, 3.05) is 26.6 Å². The van der Waals surface area contributed by atoms with Gasteiger partial charge in [0.2, 0.25) is 6.79 Å².